The topological polar surface area (TPSA) is 67.3 Å². The van der Waals surface area contributed by atoms with E-state index < -0.39 is 17.2 Å². The van der Waals surface area contributed by atoms with Crippen LogP contribution in [0.15, 0.2) is 36.9 Å². The van der Waals surface area contributed by atoms with Crippen LogP contribution in [-0.4, -0.2) is 26.4 Å². The van der Waals surface area contributed by atoms with Crippen LogP contribution in [0, 0.1) is 18.2 Å². The van der Waals surface area contributed by atoms with Gasteiger partial charge >= 0.3 is 0 Å². The first-order valence-electron chi connectivity index (χ1n) is 9.19. The normalized spacial score (nSPS) is 13.1. The molecule has 0 bridgehead atoms. The second kappa shape index (κ2) is 9.11. The summed E-state index contributed by atoms with van der Waals surface area (Å²) in [7, 11) is 0. The number of halogens is 2. The van der Waals surface area contributed by atoms with Crippen molar-refractivity contribution < 1.29 is 13.9 Å². The molecule has 2 aromatic heterocycles. The van der Waals surface area contributed by atoms with Crippen molar-refractivity contribution in [3.05, 3.63) is 70.4 Å². The Morgan fingerprint density at radius 1 is 1.34 bits per heavy atom. The van der Waals surface area contributed by atoms with Crippen LogP contribution >= 0.6 is 11.3 Å². The number of aliphatic hydroxyl groups is 1. The van der Waals surface area contributed by atoms with Crippen molar-refractivity contribution in [2.24, 2.45) is 0 Å². The summed E-state index contributed by atoms with van der Waals surface area (Å²) in [6, 6.07) is 4.90. The predicted octanol–water partition coefficient (Wildman–Crippen LogP) is 4.51. The summed E-state index contributed by atoms with van der Waals surface area (Å²) in [5.74, 6) is -1.58. The summed E-state index contributed by atoms with van der Waals surface area (Å²) in [6.45, 7) is 9.31. The van der Waals surface area contributed by atoms with E-state index in [-0.39, 0.29) is 18.7 Å². The zero-order valence-corrected chi connectivity index (χ0v) is 16.7. The van der Waals surface area contributed by atoms with Crippen LogP contribution in [0.4, 0.5) is 19.5 Å². The molecule has 2 heterocycles. The number of unbranched alkanes of at least 4 members (excludes halogenated alkanes) is 1. The molecule has 2 N–H and O–H groups in total. The molecule has 0 saturated carbocycles. The maximum atomic E-state index is 14.5. The van der Waals surface area contributed by atoms with E-state index in [4.69, 9.17) is 6.57 Å². The predicted molar refractivity (Wildman–Crippen MR) is 108 cm³/mol. The first-order chi connectivity index (χ1) is 13.9. The molecule has 6 nitrogen and oxygen atoms in total. The second-order valence-corrected chi connectivity index (χ2v) is 7.88. The molecule has 0 spiro atoms. The standard InChI is InChI=1S/C20H21F2N5OS/c1-3-4-5-15-9-18(23-2)19(29-15)25-10-20(28,11-27-13-24-12-26-27)16-7-6-14(21)8-17(16)22/h6-9,12-13,25,28H,3-5,10-11H2,1H3/t20-/m1/s1. The summed E-state index contributed by atoms with van der Waals surface area (Å²) in [4.78, 5) is 8.46. The van der Waals surface area contributed by atoms with Gasteiger partial charge in [0.15, 0.2) is 0 Å². The second-order valence-electron chi connectivity index (χ2n) is 6.74. The van der Waals surface area contributed by atoms with Gasteiger partial charge in [-0.05, 0) is 29.9 Å². The third-order valence-corrected chi connectivity index (χ3v) is 5.67. The Morgan fingerprint density at radius 2 is 2.17 bits per heavy atom. The maximum Gasteiger partial charge on any atom is 0.220 e. The smallest absolute Gasteiger partial charge is 0.220 e. The van der Waals surface area contributed by atoms with Crippen LogP contribution in [-0.2, 0) is 18.6 Å². The summed E-state index contributed by atoms with van der Waals surface area (Å²) >= 11 is 1.45. The van der Waals surface area contributed by atoms with Gasteiger partial charge < -0.3 is 10.4 Å². The number of anilines is 1. The highest BCUT2D eigenvalue weighted by Gasteiger charge is 2.34. The molecule has 0 saturated heterocycles. The lowest BCUT2D eigenvalue weighted by Crippen LogP contribution is -2.39. The van der Waals surface area contributed by atoms with Gasteiger partial charge in [0.05, 0.1) is 18.1 Å². The fourth-order valence-corrected chi connectivity index (χ4v) is 4.06. The third-order valence-electron chi connectivity index (χ3n) is 4.52. The molecule has 9 heteroatoms. The SMILES string of the molecule is [C-]#[N+]c1cc(CCCC)sc1NC[C@@](O)(Cn1cncn1)c1ccc(F)cc1F. The van der Waals surface area contributed by atoms with Crippen LogP contribution in [0.2, 0.25) is 0 Å². The van der Waals surface area contributed by atoms with Crippen molar-refractivity contribution >= 4 is 22.0 Å². The Bertz CT molecular complexity index is 999. The van der Waals surface area contributed by atoms with Crippen molar-refractivity contribution in [1.82, 2.24) is 14.8 Å². The van der Waals surface area contributed by atoms with E-state index in [1.165, 1.54) is 34.7 Å². The van der Waals surface area contributed by atoms with Gasteiger partial charge in [0, 0.05) is 18.2 Å². The first-order valence-corrected chi connectivity index (χ1v) is 10.0. The fraction of sp³-hybridized carbons (Fsp3) is 0.350. The summed E-state index contributed by atoms with van der Waals surface area (Å²) in [6.07, 6.45) is 5.67. The molecule has 0 amide bonds. The average molecular weight is 417 g/mol. The minimum atomic E-state index is -1.74. The highest BCUT2D eigenvalue weighted by molar-refractivity contribution is 7.16. The molecule has 152 valence electrons. The molecule has 0 aliphatic rings. The molecule has 3 rings (SSSR count). The number of nitrogens with zero attached hydrogens (tertiary/aromatic N) is 4. The number of hydrogen-bond donors (Lipinski definition) is 2. The monoisotopic (exact) mass is 417 g/mol. The minimum Gasteiger partial charge on any atom is -0.382 e. The Hall–Kier alpha value is -2.83. The van der Waals surface area contributed by atoms with Gasteiger partial charge in [0.25, 0.3) is 0 Å². The van der Waals surface area contributed by atoms with E-state index in [0.29, 0.717) is 10.7 Å². The van der Waals surface area contributed by atoms with Gasteiger partial charge in [0.2, 0.25) is 5.69 Å². The maximum absolute atomic E-state index is 14.5. The molecule has 0 aliphatic carbocycles. The average Bonchev–Trinajstić information content (AvgIpc) is 3.33. The Kier molecular flexibility index (Phi) is 6.56. The number of aromatic nitrogens is 3. The van der Waals surface area contributed by atoms with Crippen molar-refractivity contribution in [1.29, 1.82) is 0 Å². The van der Waals surface area contributed by atoms with Gasteiger partial charge in [0.1, 0.15) is 29.9 Å². The van der Waals surface area contributed by atoms with Gasteiger partial charge in [-0.3, -0.25) is 0 Å². The van der Waals surface area contributed by atoms with Crippen molar-refractivity contribution in [2.45, 2.75) is 38.3 Å². The van der Waals surface area contributed by atoms with E-state index >= 15 is 0 Å². The van der Waals surface area contributed by atoms with Crippen molar-refractivity contribution in [3.8, 4) is 0 Å². The molecule has 3 aromatic rings. The first kappa shape index (κ1) is 20.9. The lowest BCUT2D eigenvalue weighted by atomic mass is 9.93. The van der Waals surface area contributed by atoms with Gasteiger partial charge in [-0.15, -0.1) is 11.3 Å². The fourth-order valence-electron chi connectivity index (χ4n) is 3.03. The third kappa shape index (κ3) is 4.96. The van der Waals surface area contributed by atoms with Gasteiger partial charge in [-0.25, -0.2) is 23.3 Å². The summed E-state index contributed by atoms with van der Waals surface area (Å²) in [5, 5.41) is 19.0. The molecule has 0 aliphatic heterocycles. The Labute approximate surface area is 171 Å². The van der Waals surface area contributed by atoms with E-state index in [2.05, 4.69) is 27.2 Å². The lowest BCUT2D eigenvalue weighted by molar-refractivity contribution is 0.0248. The van der Waals surface area contributed by atoms with E-state index in [1.54, 1.807) is 0 Å². The minimum absolute atomic E-state index is 0.0611. The van der Waals surface area contributed by atoms with E-state index in [0.717, 1.165) is 36.3 Å². The van der Waals surface area contributed by atoms with E-state index in [9.17, 15) is 13.9 Å². The highest BCUT2D eigenvalue weighted by atomic mass is 32.1. The van der Waals surface area contributed by atoms with Crippen molar-refractivity contribution in [3.63, 3.8) is 0 Å². The number of thiophene rings is 1. The van der Waals surface area contributed by atoms with Gasteiger partial charge in [-0.1, -0.05) is 19.4 Å². The van der Waals surface area contributed by atoms with Crippen LogP contribution in [0.5, 0.6) is 0 Å². The largest absolute Gasteiger partial charge is 0.382 e. The summed E-state index contributed by atoms with van der Waals surface area (Å²) in [5.41, 5.74) is -1.34. The van der Waals surface area contributed by atoms with Gasteiger partial charge in [-0.2, -0.15) is 5.10 Å². The zero-order valence-electron chi connectivity index (χ0n) is 15.9. The number of rotatable bonds is 9. The lowest BCUT2D eigenvalue weighted by Gasteiger charge is -2.29. The van der Waals surface area contributed by atoms with Crippen molar-refractivity contribution in [2.75, 3.05) is 11.9 Å². The highest BCUT2D eigenvalue weighted by Crippen LogP contribution is 2.37. The van der Waals surface area contributed by atoms with Crippen LogP contribution in [0.3, 0.4) is 0 Å². The Morgan fingerprint density at radius 3 is 2.83 bits per heavy atom. The summed E-state index contributed by atoms with van der Waals surface area (Å²) < 4.78 is 29.2. The number of benzene rings is 1. The molecule has 1 aromatic carbocycles. The van der Waals surface area contributed by atoms with Crippen LogP contribution < -0.4 is 5.32 Å². The number of hydrogen-bond acceptors (Lipinski definition) is 5. The number of nitrogens with one attached hydrogen (secondary N) is 1. The number of aryl methyl sites for hydroxylation is 1. The molecule has 29 heavy (non-hydrogen) atoms. The molecule has 0 fully saturated rings. The molecule has 1 atom stereocenters. The molecular weight excluding hydrogens is 396 g/mol. The molecule has 0 radical (unpaired) electrons. The quantitative estimate of drug-likeness (QED) is 0.503. The molecular formula is C20H21F2N5OS. The zero-order chi connectivity index (χ0) is 20.9. The van der Waals surface area contributed by atoms with Crippen LogP contribution in [0.1, 0.15) is 30.2 Å². The van der Waals surface area contributed by atoms with Crippen LogP contribution in [0.25, 0.3) is 4.85 Å². The van der Waals surface area contributed by atoms with E-state index in [1.807, 2.05) is 6.07 Å². The Balaban J connectivity index is 1.88. The molecule has 0 unspecified atom stereocenters.